The van der Waals surface area contributed by atoms with E-state index in [1.807, 2.05) is 24.3 Å². The maximum absolute atomic E-state index is 9.17. The van der Waals surface area contributed by atoms with Gasteiger partial charge in [0.15, 0.2) is 0 Å². The first-order valence-electron chi connectivity index (χ1n) is 7.08. The fourth-order valence-corrected chi connectivity index (χ4v) is 2.98. The third-order valence-electron chi connectivity index (χ3n) is 4.01. The Morgan fingerprint density at radius 1 is 1.20 bits per heavy atom. The summed E-state index contributed by atoms with van der Waals surface area (Å²) in [6.45, 7) is 0.295. The Balaban J connectivity index is 1.78. The molecule has 0 spiro atoms. The zero-order valence-electron chi connectivity index (χ0n) is 11.3. The number of benzene rings is 1. The molecular formula is C16H18ClNO2. The summed E-state index contributed by atoms with van der Waals surface area (Å²) in [5, 5.41) is 10.9. The minimum absolute atomic E-state index is 0.235. The number of ether oxygens (including phenoxy) is 1. The molecule has 1 aromatic carbocycles. The number of aromatic nitrogens is 1. The van der Waals surface area contributed by atoms with Crippen LogP contribution in [-0.4, -0.2) is 22.8 Å². The van der Waals surface area contributed by atoms with Crippen LogP contribution in [0.1, 0.15) is 25.7 Å². The second-order valence-electron chi connectivity index (χ2n) is 5.41. The molecule has 0 bridgehead atoms. The van der Waals surface area contributed by atoms with E-state index in [2.05, 4.69) is 4.98 Å². The Labute approximate surface area is 123 Å². The summed E-state index contributed by atoms with van der Waals surface area (Å²) in [6, 6.07) is 7.58. The summed E-state index contributed by atoms with van der Waals surface area (Å²) in [5.74, 6) is 1.32. The molecule has 1 aliphatic rings. The Bertz CT molecular complexity index is 594. The van der Waals surface area contributed by atoms with Crippen molar-refractivity contribution in [2.24, 2.45) is 5.92 Å². The molecule has 0 aliphatic heterocycles. The van der Waals surface area contributed by atoms with E-state index in [1.54, 1.807) is 6.20 Å². The van der Waals surface area contributed by atoms with Crippen molar-refractivity contribution in [3.63, 3.8) is 0 Å². The van der Waals surface area contributed by atoms with Gasteiger partial charge >= 0.3 is 0 Å². The number of hydrogen-bond acceptors (Lipinski definition) is 3. The lowest BCUT2D eigenvalue weighted by atomic mass is 9.88. The minimum atomic E-state index is 0.235. The SMILES string of the molecule is OCC1CCC(Oc2ccnc3cc(Cl)ccc23)CC1. The van der Waals surface area contributed by atoms with Crippen molar-refractivity contribution < 1.29 is 9.84 Å². The summed E-state index contributed by atoms with van der Waals surface area (Å²) < 4.78 is 6.14. The maximum atomic E-state index is 9.17. The Morgan fingerprint density at radius 3 is 2.75 bits per heavy atom. The zero-order valence-corrected chi connectivity index (χ0v) is 12.0. The van der Waals surface area contributed by atoms with E-state index in [4.69, 9.17) is 16.3 Å². The molecule has 1 fully saturated rings. The highest BCUT2D eigenvalue weighted by molar-refractivity contribution is 6.31. The molecular weight excluding hydrogens is 274 g/mol. The third kappa shape index (κ3) is 2.89. The molecule has 0 unspecified atom stereocenters. The number of aliphatic hydroxyl groups is 1. The van der Waals surface area contributed by atoms with Gasteiger partial charge in [0, 0.05) is 23.2 Å². The number of halogens is 1. The molecule has 106 valence electrons. The Hall–Kier alpha value is -1.32. The first kappa shape index (κ1) is 13.7. The molecule has 1 aromatic heterocycles. The summed E-state index contributed by atoms with van der Waals surface area (Å²) in [6.07, 6.45) is 6.07. The van der Waals surface area contributed by atoms with E-state index in [-0.39, 0.29) is 6.10 Å². The summed E-state index contributed by atoms with van der Waals surface area (Å²) >= 11 is 5.99. The van der Waals surface area contributed by atoms with Crippen molar-refractivity contribution >= 4 is 22.5 Å². The summed E-state index contributed by atoms with van der Waals surface area (Å²) in [4.78, 5) is 4.32. The average molecular weight is 292 g/mol. The van der Waals surface area contributed by atoms with Crippen molar-refractivity contribution in [1.82, 2.24) is 4.98 Å². The normalized spacial score (nSPS) is 22.9. The van der Waals surface area contributed by atoms with Gasteiger partial charge in [-0.25, -0.2) is 0 Å². The molecule has 0 radical (unpaired) electrons. The van der Waals surface area contributed by atoms with Crippen LogP contribution >= 0.6 is 11.6 Å². The lowest BCUT2D eigenvalue weighted by Gasteiger charge is -2.28. The molecule has 4 heteroatoms. The van der Waals surface area contributed by atoms with Gasteiger partial charge in [-0.2, -0.15) is 0 Å². The second kappa shape index (κ2) is 5.98. The van der Waals surface area contributed by atoms with Crippen LogP contribution in [0.15, 0.2) is 30.5 Å². The molecule has 1 heterocycles. The first-order valence-corrected chi connectivity index (χ1v) is 7.46. The van der Waals surface area contributed by atoms with E-state index in [1.165, 1.54) is 0 Å². The number of pyridine rings is 1. The smallest absolute Gasteiger partial charge is 0.130 e. The maximum Gasteiger partial charge on any atom is 0.130 e. The van der Waals surface area contributed by atoms with E-state index in [0.717, 1.165) is 42.3 Å². The van der Waals surface area contributed by atoms with Crippen LogP contribution in [0.2, 0.25) is 5.02 Å². The zero-order chi connectivity index (χ0) is 13.9. The quantitative estimate of drug-likeness (QED) is 0.935. The first-order chi connectivity index (χ1) is 9.76. The molecule has 1 N–H and O–H groups in total. The van der Waals surface area contributed by atoms with Crippen molar-refractivity contribution in [3.05, 3.63) is 35.5 Å². The summed E-state index contributed by atoms with van der Waals surface area (Å²) in [5.41, 5.74) is 0.860. The molecule has 3 rings (SSSR count). The highest BCUT2D eigenvalue weighted by Crippen LogP contribution is 2.31. The van der Waals surface area contributed by atoms with Crippen molar-refractivity contribution in [2.75, 3.05) is 6.61 Å². The van der Waals surface area contributed by atoms with Gasteiger partial charge in [0.25, 0.3) is 0 Å². The molecule has 1 saturated carbocycles. The Morgan fingerprint density at radius 2 is 2.00 bits per heavy atom. The van der Waals surface area contributed by atoms with Crippen LogP contribution in [-0.2, 0) is 0 Å². The average Bonchev–Trinajstić information content (AvgIpc) is 2.48. The number of fused-ring (bicyclic) bond motifs is 1. The molecule has 2 aromatic rings. The Kier molecular flexibility index (Phi) is 4.08. The number of aliphatic hydroxyl groups excluding tert-OH is 1. The largest absolute Gasteiger partial charge is 0.490 e. The minimum Gasteiger partial charge on any atom is -0.490 e. The standard InChI is InChI=1S/C16H18ClNO2/c17-12-3-6-14-15(9-12)18-8-7-16(14)20-13-4-1-11(10-19)2-5-13/h3,6-9,11,13,19H,1-2,4-5,10H2. The highest BCUT2D eigenvalue weighted by Gasteiger charge is 2.22. The van der Waals surface area contributed by atoms with Crippen LogP contribution in [0.25, 0.3) is 10.9 Å². The lowest BCUT2D eigenvalue weighted by Crippen LogP contribution is -2.25. The monoisotopic (exact) mass is 291 g/mol. The van der Waals surface area contributed by atoms with Gasteiger partial charge in [-0.1, -0.05) is 11.6 Å². The van der Waals surface area contributed by atoms with Gasteiger partial charge in [-0.15, -0.1) is 0 Å². The molecule has 0 amide bonds. The molecule has 1 aliphatic carbocycles. The van der Waals surface area contributed by atoms with Gasteiger partial charge in [0.2, 0.25) is 0 Å². The van der Waals surface area contributed by atoms with E-state index in [0.29, 0.717) is 17.5 Å². The van der Waals surface area contributed by atoms with Crippen LogP contribution in [0.5, 0.6) is 5.75 Å². The number of rotatable bonds is 3. The van der Waals surface area contributed by atoms with Gasteiger partial charge in [-0.3, -0.25) is 4.98 Å². The molecule has 3 nitrogen and oxygen atoms in total. The predicted molar refractivity (Wildman–Crippen MR) is 80.2 cm³/mol. The highest BCUT2D eigenvalue weighted by atomic mass is 35.5. The van der Waals surface area contributed by atoms with E-state index in [9.17, 15) is 5.11 Å². The topological polar surface area (TPSA) is 42.4 Å². The van der Waals surface area contributed by atoms with Crippen molar-refractivity contribution in [3.8, 4) is 5.75 Å². The van der Waals surface area contributed by atoms with Gasteiger partial charge in [0.1, 0.15) is 5.75 Å². The van der Waals surface area contributed by atoms with Gasteiger partial charge in [0.05, 0.1) is 11.6 Å². The third-order valence-corrected chi connectivity index (χ3v) is 4.25. The van der Waals surface area contributed by atoms with Crippen molar-refractivity contribution in [1.29, 1.82) is 0 Å². The fraction of sp³-hybridized carbons (Fsp3) is 0.438. The van der Waals surface area contributed by atoms with Crippen LogP contribution in [0, 0.1) is 5.92 Å². The van der Waals surface area contributed by atoms with Gasteiger partial charge < -0.3 is 9.84 Å². The van der Waals surface area contributed by atoms with E-state index < -0.39 is 0 Å². The van der Waals surface area contributed by atoms with Crippen molar-refractivity contribution in [2.45, 2.75) is 31.8 Å². The number of hydrogen-bond donors (Lipinski definition) is 1. The van der Waals surface area contributed by atoms with Crippen LogP contribution < -0.4 is 4.74 Å². The van der Waals surface area contributed by atoms with Crippen LogP contribution in [0.3, 0.4) is 0 Å². The van der Waals surface area contributed by atoms with Crippen LogP contribution in [0.4, 0.5) is 0 Å². The molecule has 20 heavy (non-hydrogen) atoms. The second-order valence-corrected chi connectivity index (χ2v) is 5.85. The summed E-state index contributed by atoms with van der Waals surface area (Å²) in [7, 11) is 0. The molecule has 0 saturated heterocycles. The lowest BCUT2D eigenvalue weighted by molar-refractivity contribution is 0.105. The van der Waals surface area contributed by atoms with Gasteiger partial charge in [-0.05, 0) is 55.9 Å². The fourth-order valence-electron chi connectivity index (χ4n) is 2.81. The van der Waals surface area contributed by atoms with E-state index >= 15 is 0 Å². The predicted octanol–water partition coefficient (Wildman–Crippen LogP) is 3.82. The number of nitrogens with zero attached hydrogens (tertiary/aromatic N) is 1. The molecule has 0 atom stereocenters.